The fraction of sp³-hybridized carbons (Fsp3) is 0.200. The number of carbonyl (C=O) groups excluding carboxylic acids is 1. The van der Waals surface area contributed by atoms with E-state index in [0.717, 1.165) is 23.6 Å². The summed E-state index contributed by atoms with van der Waals surface area (Å²) in [6.07, 6.45) is 2.02. The monoisotopic (exact) mass is 306 g/mol. The largest absolute Gasteiger partial charge is 0.506 e. The first-order valence-electron chi connectivity index (χ1n) is 6.41. The predicted molar refractivity (Wildman–Crippen MR) is 81.7 cm³/mol. The van der Waals surface area contributed by atoms with Crippen LogP contribution in [0.15, 0.2) is 42.6 Å². The van der Waals surface area contributed by atoms with E-state index in [2.05, 4.69) is 10.3 Å². The van der Waals surface area contributed by atoms with Crippen LogP contribution in [-0.4, -0.2) is 21.8 Å². The average molecular weight is 306 g/mol. The molecule has 0 atom stereocenters. The third kappa shape index (κ3) is 5.07. The second-order valence-corrected chi connectivity index (χ2v) is 5.44. The number of hydrogen-bond acceptors (Lipinski definition) is 4. The summed E-state index contributed by atoms with van der Waals surface area (Å²) in [6.45, 7) is 0. The van der Waals surface area contributed by atoms with Crippen molar-refractivity contribution in [2.45, 2.75) is 12.2 Å². The van der Waals surface area contributed by atoms with Gasteiger partial charge >= 0.3 is 0 Å². The zero-order chi connectivity index (χ0) is 15.1. The first kappa shape index (κ1) is 15.3. The number of nitrogens with zero attached hydrogens (tertiary/aromatic N) is 1. The van der Waals surface area contributed by atoms with Gasteiger partial charge in [-0.05, 0) is 24.3 Å². The minimum absolute atomic E-state index is 0.0923. The van der Waals surface area contributed by atoms with Crippen LogP contribution in [0, 0.1) is 5.82 Å². The number of amides is 1. The van der Waals surface area contributed by atoms with Gasteiger partial charge in [0, 0.05) is 30.2 Å². The second-order valence-electron chi connectivity index (χ2n) is 4.33. The van der Waals surface area contributed by atoms with E-state index in [-0.39, 0.29) is 23.8 Å². The van der Waals surface area contributed by atoms with Crippen molar-refractivity contribution in [3.05, 3.63) is 54.1 Å². The molecule has 0 saturated carbocycles. The molecular weight excluding hydrogens is 291 g/mol. The first-order chi connectivity index (χ1) is 10.1. The van der Waals surface area contributed by atoms with Crippen LogP contribution < -0.4 is 5.32 Å². The number of halogens is 1. The van der Waals surface area contributed by atoms with Gasteiger partial charge in [-0.25, -0.2) is 4.39 Å². The molecule has 1 aromatic heterocycles. The predicted octanol–water partition coefficient (Wildman–Crippen LogP) is 3.19. The molecule has 2 aromatic rings. The highest BCUT2D eigenvalue weighted by molar-refractivity contribution is 7.98. The van der Waals surface area contributed by atoms with Crippen LogP contribution in [0.3, 0.4) is 0 Å². The van der Waals surface area contributed by atoms with Gasteiger partial charge in [-0.1, -0.05) is 6.07 Å². The maximum absolute atomic E-state index is 13.0. The zero-order valence-electron chi connectivity index (χ0n) is 11.3. The number of benzene rings is 1. The number of aromatic hydroxyl groups is 1. The molecule has 21 heavy (non-hydrogen) atoms. The van der Waals surface area contributed by atoms with Crippen molar-refractivity contribution in [1.29, 1.82) is 0 Å². The van der Waals surface area contributed by atoms with Gasteiger partial charge in [0.15, 0.2) is 0 Å². The lowest BCUT2D eigenvalue weighted by Crippen LogP contribution is -2.12. The molecule has 0 aliphatic carbocycles. The molecule has 0 aliphatic rings. The molecule has 4 nitrogen and oxygen atoms in total. The van der Waals surface area contributed by atoms with Crippen LogP contribution in [0.2, 0.25) is 0 Å². The molecule has 2 N–H and O–H groups in total. The van der Waals surface area contributed by atoms with Gasteiger partial charge in [-0.2, -0.15) is 11.8 Å². The summed E-state index contributed by atoms with van der Waals surface area (Å²) in [5.41, 5.74) is 1.06. The van der Waals surface area contributed by atoms with Crippen molar-refractivity contribution in [3.63, 3.8) is 0 Å². The van der Waals surface area contributed by atoms with Crippen LogP contribution in [0.5, 0.6) is 5.75 Å². The van der Waals surface area contributed by atoms with Crippen molar-refractivity contribution in [3.8, 4) is 5.75 Å². The molecule has 0 spiro atoms. The Morgan fingerprint density at radius 1 is 1.33 bits per heavy atom. The third-order valence-electron chi connectivity index (χ3n) is 2.68. The molecule has 1 heterocycles. The quantitative estimate of drug-likeness (QED) is 0.635. The highest BCUT2D eigenvalue weighted by Gasteiger charge is 2.07. The van der Waals surface area contributed by atoms with E-state index in [4.69, 9.17) is 0 Å². The maximum atomic E-state index is 13.0. The SMILES string of the molecule is O=C(CCSCc1ccccn1)Nc1cc(F)ccc1O. The molecule has 6 heteroatoms. The van der Waals surface area contributed by atoms with Crippen molar-refractivity contribution < 1.29 is 14.3 Å². The lowest BCUT2D eigenvalue weighted by Gasteiger charge is -2.07. The number of carbonyl (C=O) groups is 1. The van der Waals surface area contributed by atoms with E-state index < -0.39 is 5.82 Å². The van der Waals surface area contributed by atoms with Gasteiger partial charge in [0.25, 0.3) is 0 Å². The second kappa shape index (κ2) is 7.64. The molecule has 0 saturated heterocycles. The van der Waals surface area contributed by atoms with Gasteiger partial charge in [0.1, 0.15) is 11.6 Å². The summed E-state index contributed by atoms with van der Waals surface area (Å²) in [5.74, 6) is 0.445. The van der Waals surface area contributed by atoms with E-state index in [1.54, 1.807) is 18.0 Å². The van der Waals surface area contributed by atoms with Crippen LogP contribution in [0.4, 0.5) is 10.1 Å². The average Bonchev–Trinajstić information content (AvgIpc) is 2.48. The van der Waals surface area contributed by atoms with Crippen LogP contribution in [-0.2, 0) is 10.5 Å². The molecule has 0 unspecified atom stereocenters. The number of thioether (sulfide) groups is 1. The zero-order valence-corrected chi connectivity index (χ0v) is 12.1. The molecule has 0 fully saturated rings. The number of aromatic nitrogens is 1. The highest BCUT2D eigenvalue weighted by Crippen LogP contribution is 2.23. The van der Waals surface area contributed by atoms with Gasteiger partial charge < -0.3 is 10.4 Å². The number of nitrogens with one attached hydrogen (secondary N) is 1. The number of rotatable bonds is 6. The van der Waals surface area contributed by atoms with Crippen molar-refractivity contribution in [2.75, 3.05) is 11.1 Å². The summed E-state index contributed by atoms with van der Waals surface area (Å²) in [5, 5.41) is 12.0. The first-order valence-corrected chi connectivity index (χ1v) is 7.56. The minimum Gasteiger partial charge on any atom is -0.506 e. The summed E-state index contributed by atoms with van der Waals surface area (Å²) in [7, 11) is 0. The molecule has 110 valence electrons. The lowest BCUT2D eigenvalue weighted by molar-refractivity contribution is -0.115. The Kier molecular flexibility index (Phi) is 5.57. The Balaban J connectivity index is 1.74. The van der Waals surface area contributed by atoms with Gasteiger partial charge in [-0.15, -0.1) is 0 Å². The lowest BCUT2D eigenvalue weighted by atomic mass is 10.2. The number of hydrogen-bond donors (Lipinski definition) is 2. The van der Waals surface area contributed by atoms with Crippen LogP contribution in [0.25, 0.3) is 0 Å². The minimum atomic E-state index is -0.507. The Labute approximate surface area is 126 Å². The summed E-state index contributed by atoms with van der Waals surface area (Å²) < 4.78 is 13.0. The molecule has 2 rings (SSSR count). The smallest absolute Gasteiger partial charge is 0.225 e. The van der Waals surface area contributed by atoms with Gasteiger partial charge in [-0.3, -0.25) is 9.78 Å². The number of anilines is 1. The molecule has 0 bridgehead atoms. The Morgan fingerprint density at radius 3 is 2.95 bits per heavy atom. The van der Waals surface area contributed by atoms with E-state index in [0.29, 0.717) is 5.75 Å². The van der Waals surface area contributed by atoms with Crippen LogP contribution in [0.1, 0.15) is 12.1 Å². The number of phenols is 1. The van der Waals surface area contributed by atoms with Gasteiger partial charge in [0.05, 0.1) is 11.4 Å². The Hall–Kier alpha value is -2.08. The van der Waals surface area contributed by atoms with Crippen molar-refractivity contribution >= 4 is 23.4 Å². The summed E-state index contributed by atoms with van der Waals surface area (Å²) in [6, 6.07) is 9.13. The van der Waals surface area contributed by atoms with Crippen LogP contribution >= 0.6 is 11.8 Å². The normalized spacial score (nSPS) is 10.3. The highest BCUT2D eigenvalue weighted by atomic mass is 32.2. The van der Waals surface area contributed by atoms with Crippen molar-refractivity contribution in [1.82, 2.24) is 4.98 Å². The molecule has 0 radical (unpaired) electrons. The topological polar surface area (TPSA) is 62.2 Å². The summed E-state index contributed by atoms with van der Waals surface area (Å²) in [4.78, 5) is 15.9. The Bertz CT molecular complexity index is 608. The fourth-order valence-corrected chi connectivity index (χ4v) is 2.50. The maximum Gasteiger partial charge on any atom is 0.225 e. The van der Waals surface area contributed by atoms with Gasteiger partial charge in [0.2, 0.25) is 5.91 Å². The molecule has 1 amide bonds. The molecule has 1 aromatic carbocycles. The standard InChI is InChI=1S/C15H15FN2O2S/c16-11-4-5-14(19)13(9-11)18-15(20)6-8-21-10-12-3-1-2-7-17-12/h1-5,7,9,19H,6,8,10H2,(H,18,20). The fourth-order valence-electron chi connectivity index (χ4n) is 1.65. The third-order valence-corrected chi connectivity index (χ3v) is 3.67. The van der Waals surface area contributed by atoms with E-state index in [9.17, 15) is 14.3 Å². The van der Waals surface area contributed by atoms with E-state index in [1.165, 1.54) is 6.07 Å². The molecule has 0 aliphatic heterocycles. The summed E-state index contributed by atoms with van der Waals surface area (Å²) >= 11 is 1.59. The number of phenolic OH excluding ortho intramolecular Hbond substituents is 1. The Morgan fingerprint density at radius 2 is 2.19 bits per heavy atom. The van der Waals surface area contributed by atoms with E-state index in [1.807, 2.05) is 18.2 Å². The van der Waals surface area contributed by atoms with Crippen molar-refractivity contribution in [2.24, 2.45) is 0 Å². The number of pyridine rings is 1. The van der Waals surface area contributed by atoms with E-state index >= 15 is 0 Å². The molecular formula is C15H15FN2O2S.